The molecule has 0 aliphatic heterocycles. The summed E-state index contributed by atoms with van der Waals surface area (Å²) in [5.74, 6) is 1.64. The van der Waals surface area contributed by atoms with Crippen molar-refractivity contribution in [3.63, 3.8) is 0 Å². The van der Waals surface area contributed by atoms with Gasteiger partial charge >= 0.3 is 5.97 Å². The van der Waals surface area contributed by atoms with Gasteiger partial charge in [0, 0.05) is 30.6 Å². The Morgan fingerprint density at radius 1 is 1.24 bits per heavy atom. The van der Waals surface area contributed by atoms with E-state index in [-0.39, 0.29) is 11.9 Å². The predicted molar refractivity (Wildman–Crippen MR) is 115 cm³/mol. The molecule has 1 heterocycles. The smallest absolute Gasteiger partial charge is 0.306 e. The third kappa shape index (κ3) is 6.62. The molecular formula is C22H32N4O3. The number of nitrogen functional groups attached to an aromatic ring is 1. The molecule has 2 rings (SSSR count). The lowest BCUT2D eigenvalue weighted by Gasteiger charge is -2.16. The quantitative estimate of drug-likeness (QED) is 0.438. The maximum Gasteiger partial charge on any atom is 0.306 e. The Kier molecular flexibility index (Phi) is 8.70. The zero-order chi connectivity index (χ0) is 21.2. The summed E-state index contributed by atoms with van der Waals surface area (Å²) in [6, 6.07) is 6.03. The number of nitrogens with zero attached hydrogens (tertiary/aromatic N) is 2. The molecule has 7 heteroatoms. The minimum Gasteiger partial charge on any atom is -0.496 e. The van der Waals surface area contributed by atoms with Crippen LogP contribution < -0.4 is 15.8 Å². The molecule has 0 saturated carbocycles. The maximum absolute atomic E-state index is 11.6. The molecular weight excluding hydrogens is 368 g/mol. The lowest BCUT2D eigenvalue weighted by atomic mass is 10.00. The molecule has 2 aromatic rings. The highest BCUT2D eigenvalue weighted by molar-refractivity contribution is 5.69. The van der Waals surface area contributed by atoms with Gasteiger partial charge in [0.1, 0.15) is 11.6 Å². The van der Waals surface area contributed by atoms with Crippen molar-refractivity contribution in [1.82, 2.24) is 9.97 Å². The fourth-order valence-corrected chi connectivity index (χ4v) is 3.12. The van der Waals surface area contributed by atoms with Crippen LogP contribution in [-0.4, -0.2) is 36.2 Å². The van der Waals surface area contributed by atoms with Gasteiger partial charge in [-0.3, -0.25) is 4.79 Å². The SMILES string of the molecule is CCCCNc1nc(N)nc(C)c1Cc1ccc(CCC(=O)OCC)cc1OC. The summed E-state index contributed by atoms with van der Waals surface area (Å²) in [5, 5.41) is 3.39. The van der Waals surface area contributed by atoms with Crippen LogP contribution >= 0.6 is 0 Å². The van der Waals surface area contributed by atoms with Gasteiger partial charge in [-0.15, -0.1) is 0 Å². The molecule has 1 aromatic heterocycles. The van der Waals surface area contributed by atoms with Crippen molar-refractivity contribution in [2.24, 2.45) is 0 Å². The fraction of sp³-hybridized carbons (Fsp3) is 0.500. The van der Waals surface area contributed by atoms with Crippen molar-refractivity contribution in [2.45, 2.75) is 52.9 Å². The van der Waals surface area contributed by atoms with E-state index in [1.807, 2.05) is 32.0 Å². The van der Waals surface area contributed by atoms with Crippen molar-refractivity contribution in [2.75, 3.05) is 31.3 Å². The molecule has 158 valence electrons. The molecule has 0 radical (unpaired) electrons. The van der Waals surface area contributed by atoms with Gasteiger partial charge in [0.05, 0.1) is 13.7 Å². The number of carbonyl (C=O) groups excluding carboxylic acids is 1. The van der Waals surface area contributed by atoms with Crippen LogP contribution in [0.4, 0.5) is 11.8 Å². The first kappa shape index (κ1) is 22.5. The van der Waals surface area contributed by atoms with Gasteiger partial charge < -0.3 is 20.5 Å². The molecule has 0 unspecified atom stereocenters. The first-order valence-corrected chi connectivity index (χ1v) is 10.2. The summed E-state index contributed by atoms with van der Waals surface area (Å²) in [4.78, 5) is 20.3. The van der Waals surface area contributed by atoms with Gasteiger partial charge in [0.15, 0.2) is 0 Å². The minimum absolute atomic E-state index is 0.187. The monoisotopic (exact) mass is 400 g/mol. The summed E-state index contributed by atoms with van der Waals surface area (Å²) < 4.78 is 10.6. The van der Waals surface area contributed by atoms with Crippen molar-refractivity contribution >= 4 is 17.7 Å². The van der Waals surface area contributed by atoms with Crippen molar-refractivity contribution in [3.05, 3.63) is 40.6 Å². The van der Waals surface area contributed by atoms with Gasteiger partial charge in [0.2, 0.25) is 5.95 Å². The second-order valence-corrected chi connectivity index (χ2v) is 6.90. The number of unbranched alkanes of at least 4 members (excludes halogenated alkanes) is 1. The van der Waals surface area contributed by atoms with Crippen LogP contribution in [0.3, 0.4) is 0 Å². The van der Waals surface area contributed by atoms with E-state index in [4.69, 9.17) is 15.2 Å². The number of nitrogens with one attached hydrogen (secondary N) is 1. The number of methoxy groups -OCH3 is 1. The number of aryl methyl sites for hydroxylation is 2. The van der Waals surface area contributed by atoms with E-state index in [0.29, 0.717) is 25.9 Å². The molecule has 0 atom stereocenters. The lowest BCUT2D eigenvalue weighted by molar-refractivity contribution is -0.143. The summed E-state index contributed by atoms with van der Waals surface area (Å²) in [6.07, 6.45) is 3.75. The molecule has 3 N–H and O–H groups in total. The first-order chi connectivity index (χ1) is 14.0. The number of benzene rings is 1. The van der Waals surface area contributed by atoms with E-state index < -0.39 is 0 Å². The highest BCUT2D eigenvalue weighted by Crippen LogP contribution is 2.28. The molecule has 7 nitrogen and oxygen atoms in total. The van der Waals surface area contributed by atoms with Crippen LogP contribution in [0.2, 0.25) is 0 Å². The predicted octanol–water partition coefficient (Wildman–Crippen LogP) is 3.67. The Labute approximate surface area is 173 Å². The first-order valence-electron chi connectivity index (χ1n) is 10.2. The van der Waals surface area contributed by atoms with Crippen LogP contribution in [0.25, 0.3) is 0 Å². The van der Waals surface area contributed by atoms with E-state index in [1.54, 1.807) is 7.11 Å². The number of anilines is 2. The number of aromatic nitrogens is 2. The van der Waals surface area contributed by atoms with Crippen molar-refractivity contribution < 1.29 is 14.3 Å². The summed E-state index contributed by atoms with van der Waals surface area (Å²) in [6.45, 7) is 7.14. The Morgan fingerprint density at radius 2 is 2.03 bits per heavy atom. The fourth-order valence-electron chi connectivity index (χ4n) is 3.12. The van der Waals surface area contributed by atoms with E-state index in [2.05, 4.69) is 22.2 Å². The van der Waals surface area contributed by atoms with E-state index >= 15 is 0 Å². The van der Waals surface area contributed by atoms with E-state index in [0.717, 1.165) is 53.3 Å². The number of nitrogens with two attached hydrogens (primary N) is 1. The number of hydrogen-bond acceptors (Lipinski definition) is 7. The van der Waals surface area contributed by atoms with Crippen LogP contribution in [0.15, 0.2) is 18.2 Å². The molecule has 29 heavy (non-hydrogen) atoms. The van der Waals surface area contributed by atoms with Crippen molar-refractivity contribution in [1.29, 1.82) is 0 Å². The van der Waals surface area contributed by atoms with E-state index in [9.17, 15) is 4.79 Å². The van der Waals surface area contributed by atoms with E-state index in [1.165, 1.54) is 0 Å². The van der Waals surface area contributed by atoms with Crippen LogP contribution in [0.5, 0.6) is 5.75 Å². The third-order valence-corrected chi connectivity index (χ3v) is 4.70. The molecule has 0 spiro atoms. The van der Waals surface area contributed by atoms with Crippen LogP contribution in [0.1, 0.15) is 55.5 Å². The van der Waals surface area contributed by atoms with Gasteiger partial charge in [-0.05, 0) is 43.9 Å². The molecule has 0 bridgehead atoms. The number of carbonyl (C=O) groups is 1. The highest BCUT2D eigenvalue weighted by atomic mass is 16.5. The van der Waals surface area contributed by atoms with Gasteiger partial charge in [-0.25, -0.2) is 4.98 Å². The van der Waals surface area contributed by atoms with Gasteiger partial charge in [-0.2, -0.15) is 4.98 Å². The zero-order valence-corrected chi connectivity index (χ0v) is 17.9. The Hall–Kier alpha value is -2.83. The Balaban J connectivity index is 2.21. The summed E-state index contributed by atoms with van der Waals surface area (Å²) in [7, 11) is 1.65. The average molecular weight is 401 g/mol. The largest absolute Gasteiger partial charge is 0.496 e. The second kappa shape index (κ2) is 11.2. The molecule has 1 aromatic carbocycles. The summed E-state index contributed by atoms with van der Waals surface area (Å²) in [5.41, 5.74) is 9.78. The summed E-state index contributed by atoms with van der Waals surface area (Å²) >= 11 is 0. The molecule has 0 saturated heterocycles. The van der Waals surface area contributed by atoms with Crippen LogP contribution in [-0.2, 0) is 22.4 Å². The normalized spacial score (nSPS) is 10.6. The second-order valence-electron chi connectivity index (χ2n) is 6.90. The number of hydrogen-bond donors (Lipinski definition) is 2. The maximum atomic E-state index is 11.6. The third-order valence-electron chi connectivity index (χ3n) is 4.70. The Morgan fingerprint density at radius 3 is 2.72 bits per heavy atom. The molecule has 0 aliphatic rings. The number of esters is 1. The van der Waals surface area contributed by atoms with Gasteiger partial charge in [0.25, 0.3) is 0 Å². The lowest BCUT2D eigenvalue weighted by Crippen LogP contribution is -2.11. The standard InChI is InChI=1S/C22H32N4O3/c1-5-7-12-24-21-18(15(3)25-22(23)26-21)14-17-10-8-16(13-19(17)28-4)9-11-20(27)29-6-2/h8,10,13H,5-7,9,11-12,14H2,1-4H3,(H3,23,24,25,26). The molecule has 0 amide bonds. The van der Waals surface area contributed by atoms with Crippen LogP contribution in [0, 0.1) is 6.92 Å². The zero-order valence-electron chi connectivity index (χ0n) is 17.9. The Bertz CT molecular complexity index is 824. The number of ether oxygens (including phenoxy) is 2. The van der Waals surface area contributed by atoms with Gasteiger partial charge in [-0.1, -0.05) is 25.5 Å². The topological polar surface area (TPSA) is 99.4 Å². The van der Waals surface area contributed by atoms with Crippen molar-refractivity contribution in [3.8, 4) is 5.75 Å². The number of rotatable bonds is 11. The molecule has 0 fully saturated rings. The molecule has 0 aliphatic carbocycles. The highest BCUT2D eigenvalue weighted by Gasteiger charge is 2.14. The minimum atomic E-state index is -0.187. The average Bonchev–Trinajstić information content (AvgIpc) is 2.69.